The van der Waals surface area contributed by atoms with Crippen molar-refractivity contribution in [2.45, 2.75) is 38.3 Å². The number of hydrogen-bond donors (Lipinski definition) is 2. The zero-order chi connectivity index (χ0) is 19.9. The highest BCUT2D eigenvalue weighted by molar-refractivity contribution is 6.09. The van der Waals surface area contributed by atoms with E-state index in [9.17, 15) is 4.79 Å². The molecule has 3 rings (SSSR count). The predicted octanol–water partition coefficient (Wildman–Crippen LogP) is 2.98. The summed E-state index contributed by atoms with van der Waals surface area (Å²) in [4.78, 5) is 28.3. The number of carbonyl (C=O) groups excluding carboxylic acids is 1. The van der Waals surface area contributed by atoms with Crippen LogP contribution in [0.1, 0.15) is 37.8 Å². The van der Waals surface area contributed by atoms with Crippen LogP contribution in [0, 0.1) is 0 Å². The van der Waals surface area contributed by atoms with Crippen molar-refractivity contribution in [1.29, 1.82) is 0 Å². The molecule has 0 saturated carbocycles. The Labute approximate surface area is 159 Å². The zero-order valence-corrected chi connectivity index (χ0v) is 15.6. The lowest BCUT2D eigenvalue weighted by Crippen LogP contribution is -2.48. The van der Waals surface area contributed by atoms with Crippen LogP contribution in [0.25, 0.3) is 0 Å². The SMILES string of the molecule is CCC(CC)N1C(=O)C(c2ccccc2)(c2ccccc2)N=C1N.O=CO. The number of carbonyl (C=O) groups is 2. The monoisotopic (exact) mass is 367 g/mol. The van der Waals surface area contributed by atoms with Crippen molar-refractivity contribution in [3.8, 4) is 0 Å². The summed E-state index contributed by atoms with van der Waals surface area (Å²) in [6.45, 7) is 3.89. The van der Waals surface area contributed by atoms with Crippen molar-refractivity contribution in [3.63, 3.8) is 0 Å². The van der Waals surface area contributed by atoms with Gasteiger partial charge in [-0.15, -0.1) is 0 Å². The second-order valence-electron chi connectivity index (χ2n) is 6.16. The molecule has 0 fully saturated rings. The molecule has 3 N–H and O–H groups in total. The number of guanidine groups is 1. The third kappa shape index (κ3) is 3.69. The topological polar surface area (TPSA) is 96.0 Å². The predicted molar refractivity (Wildman–Crippen MR) is 105 cm³/mol. The fraction of sp³-hybridized carbons (Fsp3) is 0.286. The van der Waals surface area contributed by atoms with E-state index < -0.39 is 5.54 Å². The van der Waals surface area contributed by atoms with Gasteiger partial charge in [-0.3, -0.25) is 14.5 Å². The summed E-state index contributed by atoms with van der Waals surface area (Å²) in [5, 5.41) is 6.89. The van der Waals surface area contributed by atoms with Crippen LogP contribution >= 0.6 is 0 Å². The minimum Gasteiger partial charge on any atom is -0.483 e. The molecule has 0 bridgehead atoms. The third-order valence-electron chi connectivity index (χ3n) is 4.75. The average molecular weight is 367 g/mol. The van der Waals surface area contributed by atoms with E-state index in [1.54, 1.807) is 4.90 Å². The maximum absolute atomic E-state index is 13.5. The number of benzene rings is 2. The quantitative estimate of drug-likeness (QED) is 0.794. The highest BCUT2D eigenvalue weighted by atomic mass is 16.3. The summed E-state index contributed by atoms with van der Waals surface area (Å²) in [5.41, 5.74) is 6.83. The van der Waals surface area contributed by atoms with Crippen molar-refractivity contribution in [3.05, 3.63) is 71.8 Å². The number of nitrogens with two attached hydrogens (primary N) is 1. The summed E-state index contributed by atoms with van der Waals surface area (Å²) in [5.74, 6) is 0.243. The Morgan fingerprint density at radius 1 is 1.04 bits per heavy atom. The fourth-order valence-corrected chi connectivity index (χ4v) is 3.46. The second kappa shape index (κ2) is 8.98. The Morgan fingerprint density at radius 2 is 1.44 bits per heavy atom. The molecule has 1 heterocycles. The van der Waals surface area contributed by atoms with Gasteiger partial charge in [-0.05, 0) is 24.0 Å². The van der Waals surface area contributed by atoms with Gasteiger partial charge in [-0.25, -0.2) is 4.99 Å². The van der Waals surface area contributed by atoms with Crippen molar-refractivity contribution in [2.75, 3.05) is 0 Å². The normalized spacial score (nSPS) is 15.1. The van der Waals surface area contributed by atoms with Crippen molar-refractivity contribution in [2.24, 2.45) is 10.7 Å². The summed E-state index contributed by atoms with van der Waals surface area (Å²) in [7, 11) is 0. The van der Waals surface area contributed by atoms with E-state index >= 15 is 0 Å². The van der Waals surface area contributed by atoms with Crippen LogP contribution < -0.4 is 5.73 Å². The second-order valence-corrected chi connectivity index (χ2v) is 6.16. The van der Waals surface area contributed by atoms with Gasteiger partial charge in [0.1, 0.15) is 0 Å². The molecular weight excluding hydrogens is 342 g/mol. The highest BCUT2D eigenvalue weighted by Gasteiger charge is 2.51. The molecule has 27 heavy (non-hydrogen) atoms. The number of hydrogen-bond acceptors (Lipinski definition) is 4. The summed E-state index contributed by atoms with van der Waals surface area (Å²) in [6, 6.07) is 19.4. The Morgan fingerprint density at radius 3 is 1.81 bits per heavy atom. The fourth-order valence-electron chi connectivity index (χ4n) is 3.46. The Balaban J connectivity index is 0.000000817. The van der Waals surface area contributed by atoms with Gasteiger partial charge in [0.25, 0.3) is 12.4 Å². The number of nitrogens with zero attached hydrogens (tertiary/aromatic N) is 2. The van der Waals surface area contributed by atoms with Gasteiger partial charge in [-0.1, -0.05) is 74.5 Å². The van der Waals surface area contributed by atoms with Crippen LogP contribution in [0.4, 0.5) is 0 Å². The molecule has 0 spiro atoms. The largest absolute Gasteiger partial charge is 0.483 e. The van der Waals surface area contributed by atoms with E-state index in [0.29, 0.717) is 5.96 Å². The van der Waals surface area contributed by atoms with Crippen molar-refractivity contribution >= 4 is 18.3 Å². The van der Waals surface area contributed by atoms with Crippen LogP contribution in [-0.4, -0.2) is 34.4 Å². The van der Waals surface area contributed by atoms with Crippen LogP contribution in [0.2, 0.25) is 0 Å². The first-order valence-electron chi connectivity index (χ1n) is 8.94. The van der Waals surface area contributed by atoms with Gasteiger partial charge >= 0.3 is 0 Å². The Kier molecular flexibility index (Phi) is 6.71. The summed E-state index contributed by atoms with van der Waals surface area (Å²) >= 11 is 0. The van der Waals surface area contributed by atoms with Crippen LogP contribution in [0.3, 0.4) is 0 Å². The molecule has 2 aromatic rings. The van der Waals surface area contributed by atoms with Crippen LogP contribution in [0.5, 0.6) is 0 Å². The van der Waals surface area contributed by atoms with Gasteiger partial charge < -0.3 is 10.8 Å². The van der Waals surface area contributed by atoms with Gasteiger partial charge in [0.15, 0.2) is 11.5 Å². The molecule has 1 amide bonds. The lowest BCUT2D eigenvalue weighted by atomic mass is 9.82. The van der Waals surface area contributed by atoms with E-state index in [2.05, 4.69) is 13.8 Å². The van der Waals surface area contributed by atoms with Gasteiger partial charge in [0, 0.05) is 6.04 Å². The first-order valence-corrected chi connectivity index (χ1v) is 8.94. The van der Waals surface area contributed by atoms with Gasteiger partial charge in [0.05, 0.1) is 0 Å². The molecule has 1 aliphatic rings. The Hall–Kier alpha value is -3.15. The van der Waals surface area contributed by atoms with E-state index in [0.717, 1.165) is 24.0 Å². The Bertz CT molecular complexity index is 747. The zero-order valence-electron chi connectivity index (χ0n) is 15.6. The first kappa shape index (κ1) is 20.2. The van der Waals surface area contributed by atoms with Crippen molar-refractivity contribution < 1.29 is 14.7 Å². The van der Waals surface area contributed by atoms with Gasteiger partial charge in [0.2, 0.25) is 0 Å². The maximum atomic E-state index is 13.5. The van der Waals surface area contributed by atoms with E-state index in [4.69, 9.17) is 20.6 Å². The number of carboxylic acid groups (broad SMARTS) is 1. The standard InChI is InChI=1S/C20H23N3O.CH2O2/c1-3-17(4-2)23-18(24)20(22-19(23)21,15-11-7-5-8-12-15)16-13-9-6-10-14-16;2-1-3/h5-14,17H,3-4H2,1-2H3,(H2,21,22);1H,(H,2,3). The summed E-state index contributed by atoms with van der Waals surface area (Å²) < 4.78 is 0. The molecule has 0 saturated heterocycles. The minimum absolute atomic E-state index is 0.0638. The molecule has 0 atom stereocenters. The van der Waals surface area contributed by atoms with Crippen LogP contribution in [-0.2, 0) is 15.1 Å². The van der Waals surface area contributed by atoms with Crippen LogP contribution in [0.15, 0.2) is 65.7 Å². The minimum atomic E-state index is -1.09. The molecule has 0 aliphatic carbocycles. The molecular formula is C21H25N3O3. The molecule has 2 aromatic carbocycles. The number of aliphatic imine (C=N–C) groups is 1. The van der Waals surface area contributed by atoms with E-state index in [-0.39, 0.29) is 18.4 Å². The average Bonchev–Trinajstić information content (AvgIpc) is 2.97. The molecule has 0 aromatic heterocycles. The number of amides is 1. The lowest BCUT2D eigenvalue weighted by Gasteiger charge is -2.30. The van der Waals surface area contributed by atoms with Crippen molar-refractivity contribution in [1.82, 2.24) is 4.90 Å². The smallest absolute Gasteiger partial charge is 0.290 e. The molecule has 0 radical (unpaired) electrons. The highest BCUT2D eigenvalue weighted by Crippen LogP contribution is 2.40. The first-order chi connectivity index (χ1) is 13.1. The number of rotatable bonds is 5. The molecule has 142 valence electrons. The molecule has 1 aliphatic heterocycles. The van der Waals surface area contributed by atoms with E-state index in [1.165, 1.54) is 0 Å². The van der Waals surface area contributed by atoms with E-state index in [1.807, 2.05) is 60.7 Å². The third-order valence-corrected chi connectivity index (χ3v) is 4.75. The molecule has 6 nitrogen and oxygen atoms in total. The molecule has 0 unspecified atom stereocenters. The lowest BCUT2D eigenvalue weighted by molar-refractivity contribution is -0.131. The van der Waals surface area contributed by atoms with Gasteiger partial charge in [-0.2, -0.15) is 0 Å². The maximum Gasteiger partial charge on any atom is 0.290 e. The summed E-state index contributed by atoms with van der Waals surface area (Å²) in [6.07, 6.45) is 1.69. The molecule has 6 heteroatoms.